The number of fused-ring (bicyclic) bond motifs is 2. The first-order valence-electron chi connectivity index (χ1n) is 15.5. The van der Waals surface area contributed by atoms with Gasteiger partial charge >= 0.3 is 0 Å². The van der Waals surface area contributed by atoms with Crippen molar-refractivity contribution in [2.45, 2.75) is 57.8 Å². The average molecular weight is 604 g/mol. The first-order chi connectivity index (χ1) is 21.1. The molecule has 10 heteroatoms. The standard InChI is InChI=1S/C34H45N5O5/c1-6-39-27-9-10-28(39)19-38(18-27)26-8-7-21(2)31(15-26)33(42)36-22(3)23-11-24(13-30(12-23)44-5)25-14-32(37(4)17-25)34(43)35-16-29(41)20-40/h7-8,11-15,17,22,27-29,40-41H,6,9-10,16,18-20H2,1-5H3,(H,35,43)(H,36,42)/t22-,27-,28+,29+/m1/s1. The summed E-state index contributed by atoms with van der Waals surface area (Å²) in [5, 5.41) is 24.5. The number of nitrogens with one attached hydrogen (secondary N) is 2. The zero-order chi connectivity index (χ0) is 31.5. The van der Waals surface area contributed by atoms with E-state index in [2.05, 4.69) is 33.4 Å². The molecule has 2 saturated heterocycles. The number of aliphatic hydroxyl groups is 2. The third-order valence-corrected chi connectivity index (χ3v) is 9.12. The van der Waals surface area contributed by atoms with Gasteiger partial charge in [0, 0.05) is 61.8 Å². The van der Waals surface area contributed by atoms with E-state index in [1.54, 1.807) is 24.8 Å². The number of aromatic nitrogens is 1. The molecule has 1 aromatic heterocycles. The highest BCUT2D eigenvalue weighted by atomic mass is 16.5. The minimum Gasteiger partial charge on any atom is -0.497 e. The first-order valence-corrected chi connectivity index (χ1v) is 15.5. The number of ether oxygens (including phenoxy) is 1. The summed E-state index contributed by atoms with van der Waals surface area (Å²) in [5.74, 6) is 0.158. The quantitative estimate of drug-likeness (QED) is 0.266. The van der Waals surface area contributed by atoms with Crippen molar-refractivity contribution in [1.29, 1.82) is 0 Å². The molecule has 2 aliphatic heterocycles. The number of rotatable bonds is 11. The smallest absolute Gasteiger partial charge is 0.268 e. The molecule has 4 N–H and O–H groups in total. The van der Waals surface area contributed by atoms with Gasteiger partial charge in [-0.05, 0) is 86.3 Å². The summed E-state index contributed by atoms with van der Waals surface area (Å²) in [4.78, 5) is 31.4. The Balaban J connectivity index is 1.33. The summed E-state index contributed by atoms with van der Waals surface area (Å²) in [7, 11) is 3.37. The van der Waals surface area contributed by atoms with Gasteiger partial charge < -0.3 is 35.1 Å². The molecule has 2 amide bonds. The van der Waals surface area contributed by atoms with Crippen LogP contribution < -0.4 is 20.3 Å². The van der Waals surface area contributed by atoms with Crippen LogP contribution in [-0.2, 0) is 7.05 Å². The molecule has 2 aliphatic rings. The maximum Gasteiger partial charge on any atom is 0.268 e. The van der Waals surface area contributed by atoms with E-state index in [4.69, 9.17) is 9.84 Å². The van der Waals surface area contributed by atoms with Gasteiger partial charge in [-0.2, -0.15) is 0 Å². The van der Waals surface area contributed by atoms with Crippen LogP contribution in [0, 0.1) is 6.92 Å². The van der Waals surface area contributed by atoms with Crippen LogP contribution in [0.3, 0.4) is 0 Å². The molecule has 10 nitrogen and oxygen atoms in total. The number of hydrogen-bond acceptors (Lipinski definition) is 7. The Morgan fingerprint density at radius 1 is 1.05 bits per heavy atom. The van der Waals surface area contributed by atoms with Crippen molar-refractivity contribution < 1.29 is 24.5 Å². The number of likely N-dealkylation sites (N-methyl/N-ethyl adjacent to an activating group) is 1. The Hall–Kier alpha value is -3.86. The average Bonchev–Trinajstić information content (AvgIpc) is 3.54. The molecule has 2 aromatic carbocycles. The fourth-order valence-electron chi connectivity index (χ4n) is 6.60. The summed E-state index contributed by atoms with van der Waals surface area (Å²) >= 11 is 0. The van der Waals surface area contributed by atoms with Crippen molar-refractivity contribution in [3.8, 4) is 16.9 Å². The second kappa shape index (κ2) is 13.4. The van der Waals surface area contributed by atoms with Crippen LogP contribution in [0.25, 0.3) is 11.1 Å². The third kappa shape index (κ3) is 6.62. The van der Waals surface area contributed by atoms with E-state index in [1.165, 1.54) is 12.8 Å². The number of aliphatic hydroxyl groups excluding tert-OH is 2. The number of carbonyl (C=O) groups is 2. The molecule has 4 atom stereocenters. The topological polar surface area (TPSA) is 119 Å². The van der Waals surface area contributed by atoms with Crippen LogP contribution in [0.2, 0.25) is 0 Å². The Morgan fingerprint density at radius 2 is 1.77 bits per heavy atom. The molecular weight excluding hydrogens is 558 g/mol. The molecule has 0 spiro atoms. The van der Waals surface area contributed by atoms with Crippen LogP contribution >= 0.6 is 0 Å². The first kappa shape index (κ1) is 31.6. The van der Waals surface area contributed by atoms with Crippen molar-refractivity contribution in [1.82, 2.24) is 20.1 Å². The second-order valence-corrected chi connectivity index (χ2v) is 12.1. The van der Waals surface area contributed by atoms with E-state index in [0.29, 0.717) is 29.1 Å². The molecule has 0 radical (unpaired) electrons. The molecule has 2 fully saturated rings. The minimum atomic E-state index is -1.02. The van der Waals surface area contributed by atoms with Crippen LogP contribution in [0.4, 0.5) is 5.69 Å². The summed E-state index contributed by atoms with van der Waals surface area (Å²) in [6.07, 6.45) is 3.30. The number of carbonyl (C=O) groups excluding carboxylic acids is 2. The van der Waals surface area contributed by atoms with Crippen molar-refractivity contribution in [2.75, 3.05) is 44.8 Å². The van der Waals surface area contributed by atoms with Gasteiger partial charge in [0.15, 0.2) is 0 Å². The van der Waals surface area contributed by atoms with Gasteiger partial charge in [-0.25, -0.2) is 0 Å². The molecule has 0 saturated carbocycles. The molecule has 3 heterocycles. The number of anilines is 1. The van der Waals surface area contributed by atoms with E-state index >= 15 is 0 Å². The van der Waals surface area contributed by atoms with E-state index in [0.717, 1.165) is 47.6 Å². The van der Waals surface area contributed by atoms with Gasteiger partial charge in [0.2, 0.25) is 0 Å². The number of benzene rings is 2. The normalized spacial score (nSPS) is 19.5. The Morgan fingerprint density at radius 3 is 2.43 bits per heavy atom. The number of hydrogen-bond donors (Lipinski definition) is 4. The van der Waals surface area contributed by atoms with Crippen LogP contribution in [-0.4, -0.2) is 89.6 Å². The number of aryl methyl sites for hydroxylation is 2. The highest BCUT2D eigenvalue weighted by Gasteiger charge is 2.39. The molecular formula is C34H45N5O5. The van der Waals surface area contributed by atoms with Crippen molar-refractivity contribution in [3.63, 3.8) is 0 Å². The largest absolute Gasteiger partial charge is 0.497 e. The molecule has 0 unspecified atom stereocenters. The summed E-state index contributed by atoms with van der Waals surface area (Å²) in [6.45, 7) is 8.76. The monoisotopic (exact) mass is 603 g/mol. The van der Waals surface area contributed by atoms with E-state index < -0.39 is 12.7 Å². The number of nitrogens with zero attached hydrogens (tertiary/aromatic N) is 3. The third-order valence-electron chi connectivity index (χ3n) is 9.12. The molecule has 0 aliphatic carbocycles. The fourth-order valence-corrected chi connectivity index (χ4v) is 6.60. The maximum absolute atomic E-state index is 13.6. The Kier molecular flexibility index (Phi) is 9.62. The minimum absolute atomic E-state index is 0.0464. The van der Waals surface area contributed by atoms with Gasteiger partial charge in [0.25, 0.3) is 11.8 Å². The molecule has 236 valence electrons. The maximum atomic E-state index is 13.6. The lowest BCUT2D eigenvalue weighted by Gasteiger charge is -2.41. The van der Waals surface area contributed by atoms with E-state index in [9.17, 15) is 14.7 Å². The molecule has 44 heavy (non-hydrogen) atoms. The van der Waals surface area contributed by atoms with Crippen molar-refractivity contribution in [2.24, 2.45) is 7.05 Å². The van der Waals surface area contributed by atoms with Gasteiger partial charge in [0.05, 0.1) is 25.9 Å². The second-order valence-electron chi connectivity index (χ2n) is 12.1. The lowest BCUT2D eigenvalue weighted by atomic mass is 10.00. The lowest BCUT2D eigenvalue weighted by Crippen LogP contribution is -2.53. The van der Waals surface area contributed by atoms with Gasteiger partial charge in [-0.1, -0.05) is 13.0 Å². The van der Waals surface area contributed by atoms with Gasteiger partial charge in [-0.3, -0.25) is 14.5 Å². The molecule has 5 rings (SSSR count). The Bertz CT molecular complexity index is 1490. The van der Waals surface area contributed by atoms with Crippen molar-refractivity contribution in [3.05, 3.63) is 71.0 Å². The van der Waals surface area contributed by atoms with Crippen LogP contribution in [0.5, 0.6) is 5.75 Å². The van der Waals surface area contributed by atoms with E-state index in [1.807, 2.05) is 50.4 Å². The Labute approximate surface area is 259 Å². The zero-order valence-corrected chi connectivity index (χ0v) is 26.3. The van der Waals surface area contributed by atoms with Crippen molar-refractivity contribution >= 4 is 17.5 Å². The fraction of sp³-hybridized carbons (Fsp3) is 0.471. The number of amides is 2. The van der Waals surface area contributed by atoms with Gasteiger partial charge in [-0.15, -0.1) is 0 Å². The van der Waals surface area contributed by atoms with Gasteiger partial charge in [0.1, 0.15) is 11.4 Å². The highest BCUT2D eigenvalue weighted by Crippen LogP contribution is 2.34. The predicted molar refractivity (Wildman–Crippen MR) is 171 cm³/mol. The van der Waals surface area contributed by atoms with Crippen LogP contribution in [0.15, 0.2) is 48.7 Å². The summed E-state index contributed by atoms with van der Waals surface area (Å²) in [6, 6.07) is 14.6. The number of methoxy groups -OCH3 is 1. The van der Waals surface area contributed by atoms with E-state index in [-0.39, 0.29) is 24.4 Å². The summed E-state index contributed by atoms with van der Waals surface area (Å²) in [5.41, 5.74) is 5.63. The zero-order valence-electron chi connectivity index (χ0n) is 26.3. The number of piperazine rings is 1. The SMILES string of the molecule is CCN1[C@@H]2CC[C@H]1CN(c1ccc(C)c(C(=O)N[C@H](C)c3cc(OC)cc(-c4cc(C(=O)NC[C@H](O)CO)n(C)c4)c3)c1)C2. The lowest BCUT2D eigenvalue weighted by molar-refractivity contribution is 0.0796. The predicted octanol–water partition coefficient (Wildman–Crippen LogP) is 3.26. The highest BCUT2D eigenvalue weighted by molar-refractivity contribution is 5.97. The molecule has 2 bridgehead atoms. The molecule has 3 aromatic rings. The summed E-state index contributed by atoms with van der Waals surface area (Å²) < 4.78 is 7.31. The van der Waals surface area contributed by atoms with Crippen LogP contribution in [0.1, 0.15) is 64.7 Å².